The third-order valence-electron chi connectivity index (χ3n) is 18.8. The number of anilines is 4. The minimum Gasteiger partial charge on any atom is -0.456 e. The summed E-state index contributed by atoms with van der Waals surface area (Å²) < 4.78 is 30.3. The zero-order valence-corrected chi connectivity index (χ0v) is 55.3. The number of fused-ring (bicyclic) bond motifs is 5. The van der Waals surface area contributed by atoms with Crippen LogP contribution in [0.3, 0.4) is 0 Å². The number of aryl methyl sites for hydroxylation is 2. The fourth-order valence-corrected chi connectivity index (χ4v) is 14.8. The molecular formula is C69H77ClN8O16S. The molecule has 4 heterocycles. The van der Waals surface area contributed by atoms with E-state index in [0.717, 1.165) is 51.4 Å². The van der Waals surface area contributed by atoms with Crippen molar-refractivity contribution in [3.05, 3.63) is 171 Å². The number of hydrogen-bond donors (Lipinski definition) is 7. The molecule has 2 amide bonds. The first-order valence-electron chi connectivity index (χ1n) is 31.1. The molecule has 2 saturated heterocycles. The normalized spacial score (nSPS) is 25.8. The number of ether oxygens (including phenoxy) is 5. The number of hydrogen-bond acceptors (Lipinski definition) is 23. The standard InChI is InChI=1S/C47H51NO14.C22H26ClN7O2S/c1-25-31(60-43(56)36(52)35(28-16-10-7-11-17-28)48-41(54)29-18-12-8-13-19-29)23-47(57)40(61-42(55)30-20-14-9-15-21-30)38-45(6,32(51)22-33-46(38,24-58-33)62-27(3)50)39(53)37(59-26(2)49)34(25)44(47,4)5;1-14-4-3-5-16(23)20(14)28-21(32)17-13-24-22(33-17)27-18-12-19(26-15(2)25-18)30-8-6-29(7-9-30)10-11-31/h7-21,31-33,35-38,40,51-52,57H,22-24H2,1-6H3,(H,48,54);3-5,12-13,31H,6-11H2,1-2H3,(H,28,32)(H,24,25,26,27)/t31-,32-,33+,35-,36+,37+,38-,40-,45+,46-,47+;/m0./s1. The number of nitrogens with zero attached hydrogens (tertiary/aromatic N) is 5. The number of esters is 4. The van der Waals surface area contributed by atoms with Gasteiger partial charge in [0.1, 0.15) is 46.3 Å². The second kappa shape index (κ2) is 28.4. The molecular weight excluding hydrogens is 1260 g/mol. The van der Waals surface area contributed by atoms with E-state index in [-0.39, 0.29) is 47.8 Å². The van der Waals surface area contributed by atoms with Crippen LogP contribution in [0.2, 0.25) is 5.02 Å². The molecule has 26 heteroatoms. The van der Waals surface area contributed by atoms with Crippen LogP contribution in [-0.2, 0) is 42.9 Å². The molecule has 7 N–H and O–H groups in total. The molecule has 0 unspecified atom stereocenters. The number of piperazine rings is 1. The van der Waals surface area contributed by atoms with Gasteiger partial charge >= 0.3 is 23.9 Å². The molecule has 0 radical (unpaired) electrons. The summed E-state index contributed by atoms with van der Waals surface area (Å²) in [5, 5.41) is 56.5. The number of para-hydroxylation sites is 1. The fourth-order valence-electron chi connectivity index (χ4n) is 13.8. The van der Waals surface area contributed by atoms with Crippen molar-refractivity contribution in [3.63, 3.8) is 0 Å². The molecule has 11 rings (SSSR count). The summed E-state index contributed by atoms with van der Waals surface area (Å²) in [5.74, 6) is -4.99. The minimum atomic E-state index is -2.39. The van der Waals surface area contributed by atoms with Crippen LogP contribution >= 0.6 is 22.9 Å². The molecule has 11 atom stereocenters. The first-order valence-corrected chi connectivity index (χ1v) is 32.3. The van der Waals surface area contributed by atoms with E-state index >= 15 is 4.79 Å². The third-order valence-corrected chi connectivity index (χ3v) is 20.1. The Bertz CT molecular complexity index is 3870. The van der Waals surface area contributed by atoms with E-state index in [1.165, 1.54) is 43.5 Å². The van der Waals surface area contributed by atoms with Gasteiger partial charge in [-0.25, -0.2) is 24.5 Å². The summed E-state index contributed by atoms with van der Waals surface area (Å²) in [6, 6.07) is 30.3. The van der Waals surface area contributed by atoms with Crippen molar-refractivity contribution in [2.24, 2.45) is 16.7 Å². The largest absolute Gasteiger partial charge is 0.456 e. The second-order valence-corrected chi connectivity index (χ2v) is 26.5. The monoisotopic (exact) mass is 1340 g/mol. The average molecular weight is 1340 g/mol. The topological polar surface area (TPSA) is 328 Å². The number of nitrogens with one attached hydrogen (secondary N) is 3. The van der Waals surface area contributed by atoms with E-state index in [1.54, 1.807) is 98.8 Å². The predicted molar refractivity (Wildman–Crippen MR) is 350 cm³/mol. The number of rotatable bonds is 17. The van der Waals surface area contributed by atoms with Gasteiger partial charge in [-0.1, -0.05) is 116 Å². The van der Waals surface area contributed by atoms with Crippen LogP contribution in [0.1, 0.15) is 108 Å². The van der Waals surface area contributed by atoms with E-state index < -0.39 is 113 Å². The smallest absolute Gasteiger partial charge is 0.338 e. The predicted octanol–water partition coefficient (Wildman–Crippen LogP) is 7.05. The Labute approximate surface area is 558 Å². The van der Waals surface area contributed by atoms with Gasteiger partial charge in [0, 0.05) is 76.5 Å². The van der Waals surface area contributed by atoms with Gasteiger partial charge in [0.25, 0.3) is 11.8 Å². The molecule has 502 valence electrons. The molecule has 4 aromatic carbocycles. The number of Topliss-reactive ketones (excluding diaryl/α,β-unsaturated/α-hetero) is 1. The number of ketones is 1. The maximum atomic E-state index is 15.5. The minimum absolute atomic E-state index is 0.00289. The van der Waals surface area contributed by atoms with Gasteiger partial charge in [-0.2, -0.15) is 0 Å². The van der Waals surface area contributed by atoms with Crippen LogP contribution in [0.15, 0.2) is 133 Å². The number of thiazole rings is 1. The number of amides is 2. The summed E-state index contributed by atoms with van der Waals surface area (Å²) >= 11 is 7.46. The Kier molecular flexibility index (Phi) is 20.7. The molecule has 3 aliphatic carbocycles. The average Bonchev–Trinajstić information content (AvgIpc) is 0.818. The SMILES string of the molecule is CC(=O)O[C@H]1C(=O)[C@@]2(C)[C@H]([C@H](OC(=O)c3ccccc3)[C@]3(O)C[C@H](OC(=O)[C@H](O)[C@@H](NC(=O)c4ccccc4)c4ccccc4)C(C)=C1C3(C)C)[C@]1(OC(C)=O)CO[C@@H]1C[C@@H]2O.Cc1nc(Nc2ncc(C(=O)Nc3c(C)cccc3Cl)s2)cc(N2CCN(CCO)CC2)n1. The first-order chi connectivity index (χ1) is 45.2. The Balaban J connectivity index is 0.000000250. The lowest BCUT2D eigenvalue weighted by molar-refractivity contribution is -0.346. The van der Waals surface area contributed by atoms with Gasteiger partial charge in [0.2, 0.25) is 0 Å². The van der Waals surface area contributed by atoms with E-state index in [1.807, 2.05) is 32.0 Å². The van der Waals surface area contributed by atoms with Crippen molar-refractivity contribution < 1.29 is 77.7 Å². The summed E-state index contributed by atoms with van der Waals surface area (Å²) in [6.07, 6.45) is -8.98. The van der Waals surface area contributed by atoms with Gasteiger partial charge < -0.3 is 65.0 Å². The van der Waals surface area contributed by atoms with Crippen LogP contribution in [-0.4, -0.2) is 176 Å². The zero-order valence-electron chi connectivity index (χ0n) is 53.7. The van der Waals surface area contributed by atoms with E-state index in [4.69, 9.17) is 40.4 Å². The number of β-amino-alcohol motifs (C(OH)–C–C–N with tert-alkyl or cyclic N) is 1. The summed E-state index contributed by atoms with van der Waals surface area (Å²) in [7, 11) is 0. The molecule has 95 heavy (non-hydrogen) atoms. The van der Waals surface area contributed by atoms with Crippen LogP contribution in [0.25, 0.3) is 0 Å². The van der Waals surface area contributed by atoms with Crippen LogP contribution in [0.5, 0.6) is 0 Å². The zero-order chi connectivity index (χ0) is 68.3. The fraction of sp³-hybridized carbons (Fsp3) is 0.420. The maximum absolute atomic E-state index is 15.5. The number of halogens is 1. The van der Waals surface area contributed by atoms with Crippen molar-refractivity contribution in [3.8, 4) is 0 Å². The Hall–Kier alpha value is -8.53. The highest BCUT2D eigenvalue weighted by atomic mass is 35.5. The van der Waals surface area contributed by atoms with Gasteiger partial charge in [0.15, 0.2) is 28.7 Å². The maximum Gasteiger partial charge on any atom is 0.338 e. The van der Waals surface area contributed by atoms with Gasteiger partial charge in [-0.05, 0) is 80.3 Å². The number of carbonyl (C=O) groups is 7. The number of aromatic nitrogens is 3. The highest BCUT2D eigenvalue weighted by Gasteiger charge is 2.78. The lowest BCUT2D eigenvalue weighted by Gasteiger charge is -2.67. The van der Waals surface area contributed by atoms with Crippen LogP contribution in [0.4, 0.5) is 22.5 Å². The van der Waals surface area contributed by atoms with Crippen molar-refractivity contribution in [1.82, 2.24) is 25.2 Å². The van der Waals surface area contributed by atoms with Crippen molar-refractivity contribution in [2.75, 3.05) is 61.5 Å². The number of benzene rings is 4. The van der Waals surface area contributed by atoms with E-state index in [0.29, 0.717) is 44.5 Å². The number of aliphatic hydroxyl groups excluding tert-OH is 3. The Morgan fingerprint density at radius 3 is 2.08 bits per heavy atom. The molecule has 2 saturated carbocycles. The summed E-state index contributed by atoms with van der Waals surface area (Å²) in [6.45, 7) is 16.0. The molecule has 6 aromatic rings. The summed E-state index contributed by atoms with van der Waals surface area (Å²) in [5.41, 5.74) is -5.53. The van der Waals surface area contributed by atoms with E-state index in [2.05, 4.69) is 40.7 Å². The molecule has 5 aliphatic rings. The summed E-state index contributed by atoms with van der Waals surface area (Å²) in [4.78, 5) is 114. The van der Waals surface area contributed by atoms with Crippen LogP contribution < -0.4 is 20.9 Å². The number of carbonyl (C=O) groups excluding carboxylic acids is 7. The lowest BCUT2D eigenvalue weighted by atomic mass is 9.44. The first kappa shape index (κ1) is 69.3. The third kappa shape index (κ3) is 14.0. The van der Waals surface area contributed by atoms with Gasteiger partial charge in [0.05, 0.1) is 59.2 Å². The van der Waals surface area contributed by atoms with Gasteiger partial charge in [-0.3, -0.25) is 28.9 Å². The molecule has 2 aliphatic heterocycles. The Morgan fingerprint density at radius 1 is 0.821 bits per heavy atom. The lowest BCUT2D eigenvalue weighted by Crippen LogP contribution is -2.82. The molecule has 4 fully saturated rings. The highest BCUT2D eigenvalue weighted by Crippen LogP contribution is 2.64. The molecule has 0 spiro atoms. The van der Waals surface area contributed by atoms with Crippen molar-refractivity contribution in [2.45, 2.75) is 122 Å². The molecule has 2 aromatic heterocycles. The highest BCUT2D eigenvalue weighted by molar-refractivity contribution is 7.17. The quantitative estimate of drug-likeness (QED) is 0.0273. The Morgan fingerprint density at radius 2 is 1.47 bits per heavy atom. The number of aliphatic hydroxyl groups is 4. The van der Waals surface area contributed by atoms with Crippen molar-refractivity contribution in [1.29, 1.82) is 0 Å². The van der Waals surface area contributed by atoms with E-state index in [9.17, 15) is 44.1 Å². The van der Waals surface area contributed by atoms with Gasteiger partial charge in [-0.15, -0.1) is 0 Å². The molecule has 2 bridgehead atoms. The second-order valence-electron chi connectivity index (χ2n) is 25.1. The van der Waals surface area contributed by atoms with Crippen LogP contribution in [0, 0.1) is 30.6 Å². The van der Waals surface area contributed by atoms with Crippen molar-refractivity contribution >= 4 is 86.9 Å². The molecule has 24 nitrogen and oxygen atoms in total.